The fraction of sp³-hybridized carbons (Fsp3) is 0.0870. The van der Waals surface area contributed by atoms with Crippen LogP contribution in [0.5, 0.6) is 5.75 Å². The molecule has 0 N–H and O–H groups in total. The highest BCUT2D eigenvalue weighted by atomic mass is 16.5. The summed E-state index contributed by atoms with van der Waals surface area (Å²) in [6, 6.07) is 17.7. The summed E-state index contributed by atoms with van der Waals surface area (Å²) >= 11 is 0. The second-order valence-electron chi connectivity index (χ2n) is 6.90. The van der Waals surface area contributed by atoms with Crippen molar-refractivity contribution in [1.29, 1.82) is 0 Å². The number of anilines is 1. The third kappa shape index (κ3) is 2.69. The molecule has 29 heavy (non-hydrogen) atoms. The molecule has 1 aliphatic rings. The smallest absolute Gasteiger partial charge is 0.266 e. The second kappa shape index (κ2) is 6.31. The van der Waals surface area contributed by atoms with Crippen molar-refractivity contribution in [2.45, 2.75) is 6.92 Å². The van der Waals surface area contributed by atoms with Crippen LogP contribution in [0.1, 0.15) is 26.3 Å². The summed E-state index contributed by atoms with van der Waals surface area (Å²) in [5, 5.41) is 0. The molecule has 0 saturated carbocycles. The summed E-state index contributed by atoms with van der Waals surface area (Å²) in [5.74, 6) is 0.236. The van der Waals surface area contributed by atoms with E-state index in [1.807, 2.05) is 25.1 Å². The molecule has 2 amide bonds. The third-order valence-electron chi connectivity index (χ3n) is 4.99. The van der Waals surface area contributed by atoms with Crippen LogP contribution in [0, 0.1) is 6.92 Å². The van der Waals surface area contributed by atoms with Crippen LogP contribution in [-0.4, -0.2) is 23.9 Å². The average molecular weight is 384 g/mol. The lowest BCUT2D eigenvalue weighted by Crippen LogP contribution is -2.29. The normalized spacial score (nSPS) is 13.2. The van der Waals surface area contributed by atoms with Crippen molar-refractivity contribution in [2.24, 2.45) is 0 Å². The van der Waals surface area contributed by atoms with Crippen molar-refractivity contribution in [1.82, 2.24) is 4.98 Å². The van der Waals surface area contributed by atoms with Crippen LogP contribution in [0.4, 0.5) is 5.69 Å². The van der Waals surface area contributed by atoms with Crippen molar-refractivity contribution >= 4 is 28.6 Å². The van der Waals surface area contributed by atoms with E-state index in [9.17, 15) is 9.59 Å². The number of fused-ring (bicyclic) bond motifs is 2. The van der Waals surface area contributed by atoms with Gasteiger partial charge in [0.25, 0.3) is 11.8 Å². The number of carbonyl (C=O) groups is 2. The standard InChI is InChI=1S/C23H16N2O4/c1-13-6-9-19-20(10-13)29-21(24-19)14-7-8-17-18(11-14)23(27)25(22(17)26)15-4-3-5-16(12-15)28-2/h3-12H,1-2H3. The maximum atomic E-state index is 13.0. The minimum absolute atomic E-state index is 0.328. The molecule has 142 valence electrons. The number of rotatable bonds is 3. The summed E-state index contributed by atoms with van der Waals surface area (Å²) < 4.78 is 11.1. The molecule has 0 fully saturated rings. The number of benzene rings is 3. The van der Waals surface area contributed by atoms with Crippen molar-refractivity contribution in [2.75, 3.05) is 12.0 Å². The molecule has 1 aliphatic heterocycles. The van der Waals surface area contributed by atoms with Crippen LogP contribution < -0.4 is 9.64 Å². The molecular formula is C23H16N2O4. The Morgan fingerprint density at radius 2 is 1.76 bits per heavy atom. The Bertz CT molecular complexity index is 1310. The van der Waals surface area contributed by atoms with Crippen LogP contribution in [0.3, 0.4) is 0 Å². The van der Waals surface area contributed by atoms with Crippen LogP contribution in [0.25, 0.3) is 22.6 Å². The average Bonchev–Trinajstić information content (AvgIpc) is 3.26. The molecule has 0 aliphatic carbocycles. The van der Waals surface area contributed by atoms with Crippen molar-refractivity contribution < 1.29 is 18.7 Å². The molecule has 0 spiro atoms. The quantitative estimate of drug-likeness (QED) is 0.482. The van der Waals surface area contributed by atoms with Gasteiger partial charge >= 0.3 is 0 Å². The summed E-state index contributed by atoms with van der Waals surface area (Å²) in [4.78, 5) is 31.5. The number of hydrogen-bond acceptors (Lipinski definition) is 5. The lowest BCUT2D eigenvalue weighted by atomic mass is 10.1. The molecule has 1 aromatic heterocycles. The van der Waals surface area contributed by atoms with E-state index in [2.05, 4.69) is 4.98 Å². The molecule has 2 heterocycles. The number of oxazole rings is 1. The number of carbonyl (C=O) groups excluding carboxylic acids is 2. The number of hydrogen-bond donors (Lipinski definition) is 0. The Hall–Kier alpha value is -3.93. The molecular weight excluding hydrogens is 368 g/mol. The van der Waals surface area contributed by atoms with E-state index in [0.29, 0.717) is 39.6 Å². The second-order valence-corrected chi connectivity index (χ2v) is 6.90. The van der Waals surface area contributed by atoms with Crippen molar-refractivity contribution in [3.63, 3.8) is 0 Å². The fourth-order valence-electron chi connectivity index (χ4n) is 3.51. The van der Waals surface area contributed by atoms with E-state index >= 15 is 0 Å². The first-order chi connectivity index (χ1) is 14.0. The maximum absolute atomic E-state index is 13.0. The summed E-state index contributed by atoms with van der Waals surface area (Å²) in [5.41, 5.74) is 4.29. The number of ether oxygens (including phenoxy) is 1. The van der Waals surface area contributed by atoms with Gasteiger partial charge in [0.2, 0.25) is 5.89 Å². The Morgan fingerprint density at radius 1 is 0.931 bits per heavy atom. The van der Waals surface area contributed by atoms with Gasteiger partial charge in [-0.15, -0.1) is 0 Å². The molecule has 0 bridgehead atoms. The van der Waals surface area contributed by atoms with Gasteiger partial charge in [0, 0.05) is 11.6 Å². The predicted molar refractivity (Wildman–Crippen MR) is 108 cm³/mol. The third-order valence-corrected chi connectivity index (χ3v) is 4.99. The lowest BCUT2D eigenvalue weighted by molar-refractivity contribution is 0.0926. The Labute approximate surface area is 166 Å². The van der Waals surface area contributed by atoms with E-state index < -0.39 is 0 Å². The molecule has 4 aromatic rings. The minimum Gasteiger partial charge on any atom is -0.497 e. The predicted octanol–water partition coefficient (Wildman–Crippen LogP) is 4.61. The number of aromatic nitrogens is 1. The van der Waals surface area contributed by atoms with E-state index in [1.165, 1.54) is 7.11 Å². The number of methoxy groups -OCH3 is 1. The number of amides is 2. The van der Waals surface area contributed by atoms with E-state index in [-0.39, 0.29) is 11.8 Å². The zero-order valence-electron chi connectivity index (χ0n) is 15.8. The lowest BCUT2D eigenvalue weighted by Gasteiger charge is -2.14. The van der Waals surface area contributed by atoms with E-state index in [4.69, 9.17) is 9.15 Å². The Kier molecular flexibility index (Phi) is 3.74. The fourth-order valence-corrected chi connectivity index (χ4v) is 3.51. The molecule has 6 heteroatoms. The molecule has 3 aromatic carbocycles. The van der Waals surface area contributed by atoms with Gasteiger partial charge in [-0.1, -0.05) is 12.1 Å². The highest BCUT2D eigenvalue weighted by Gasteiger charge is 2.37. The van der Waals surface area contributed by atoms with Gasteiger partial charge in [0.15, 0.2) is 5.58 Å². The zero-order valence-corrected chi connectivity index (χ0v) is 15.8. The van der Waals surface area contributed by atoms with Gasteiger partial charge in [-0.25, -0.2) is 9.88 Å². The van der Waals surface area contributed by atoms with Crippen molar-refractivity contribution in [3.05, 3.63) is 77.4 Å². The molecule has 0 unspecified atom stereocenters. The van der Waals surface area contributed by atoms with Gasteiger partial charge < -0.3 is 9.15 Å². The van der Waals surface area contributed by atoms with Crippen LogP contribution in [-0.2, 0) is 0 Å². The topological polar surface area (TPSA) is 72.6 Å². The molecule has 6 nitrogen and oxygen atoms in total. The number of aryl methyl sites for hydroxylation is 1. The number of nitrogens with zero attached hydrogens (tertiary/aromatic N) is 2. The first kappa shape index (κ1) is 17.2. The minimum atomic E-state index is -0.382. The number of imide groups is 1. The largest absolute Gasteiger partial charge is 0.497 e. The van der Waals surface area contributed by atoms with Crippen molar-refractivity contribution in [3.8, 4) is 17.2 Å². The maximum Gasteiger partial charge on any atom is 0.266 e. The SMILES string of the molecule is COc1cccc(N2C(=O)c3ccc(-c4nc5ccc(C)cc5o4)cc3C2=O)c1. The van der Waals surface area contributed by atoms with Gasteiger partial charge in [-0.05, 0) is 55.0 Å². The molecule has 0 saturated heterocycles. The monoisotopic (exact) mass is 384 g/mol. The summed E-state index contributed by atoms with van der Waals surface area (Å²) in [6.45, 7) is 1.98. The highest BCUT2D eigenvalue weighted by Crippen LogP contribution is 2.33. The summed E-state index contributed by atoms with van der Waals surface area (Å²) in [7, 11) is 1.54. The van der Waals surface area contributed by atoms with Gasteiger partial charge in [0.05, 0.1) is 23.9 Å². The first-order valence-corrected chi connectivity index (χ1v) is 9.09. The van der Waals surface area contributed by atoms with Gasteiger partial charge in [-0.3, -0.25) is 9.59 Å². The highest BCUT2D eigenvalue weighted by molar-refractivity contribution is 6.34. The van der Waals surface area contributed by atoms with Crippen LogP contribution in [0.2, 0.25) is 0 Å². The molecule has 0 radical (unpaired) electrons. The molecule has 0 atom stereocenters. The Morgan fingerprint density at radius 3 is 2.59 bits per heavy atom. The Balaban J connectivity index is 1.56. The van der Waals surface area contributed by atoms with Crippen LogP contribution in [0.15, 0.2) is 65.1 Å². The van der Waals surface area contributed by atoms with Gasteiger partial charge in [-0.2, -0.15) is 0 Å². The van der Waals surface area contributed by atoms with E-state index in [1.54, 1.807) is 42.5 Å². The van der Waals surface area contributed by atoms with Gasteiger partial charge in [0.1, 0.15) is 11.3 Å². The first-order valence-electron chi connectivity index (χ1n) is 9.09. The van der Waals surface area contributed by atoms with E-state index in [0.717, 1.165) is 16.0 Å². The summed E-state index contributed by atoms with van der Waals surface area (Å²) in [6.07, 6.45) is 0. The molecule has 5 rings (SSSR count). The zero-order chi connectivity index (χ0) is 20.1. The van der Waals surface area contributed by atoms with Crippen LogP contribution >= 0.6 is 0 Å².